The molecule has 0 heterocycles. The fourth-order valence-electron chi connectivity index (χ4n) is 1.72. The standard InChI is InChI=1S/C15H24N2O3/c1-15(2,3)20-16-9-10-17(12-14(18)19)11-13-7-5-4-6-8-13/h4-8,16H,9-12H2,1-3H3,(H,18,19). The third-order valence-corrected chi connectivity index (χ3v) is 2.52. The number of nitrogens with one attached hydrogen (secondary N) is 1. The molecule has 0 atom stereocenters. The van der Waals surface area contributed by atoms with Crippen LogP contribution >= 0.6 is 0 Å². The summed E-state index contributed by atoms with van der Waals surface area (Å²) in [6, 6.07) is 9.84. The van der Waals surface area contributed by atoms with Crippen LogP contribution in [-0.4, -0.2) is 41.2 Å². The zero-order valence-corrected chi connectivity index (χ0v) is 12.4. The first-order chi connectivity index (χ1) is 9.37. The second-order valence-electron chi connectivity index (χ2n) is 5.70. The van der Waals surface area contributed by atoms with Crippen LogP contribution in [-0.2, 0) is 16.2 Å². The number of nitrogens with zero attached hydrogens (tertiary/aromatic N) is 1. The number of hydrogen-bond acceptors (Lipinski definition) is 4. The van der Waals surface area contributed by atoms with Crippen molar-refractivity contribution >= 4 is 5.97 Å². The number of hydrogen-bond donors (Lipinski definition) is 2. The Kier molecular flexibility index (Phi) is 6.64. The van der Waals surface area contributed by atoms with Crippen LogP contribution in [0.4, 0.5) is 0 Å². The molecule has 2 N–H and O–H groups in total. The zero-order chi connectivity index (χ0) is 15.0. The summed E-state index contributed by atoms with van der Waals surface area (Å²) in [5.41, 5.74) is 3.73. The lowest BCUT2D eigenvalue weighted by molar-refractivity contribution is -0.138. The molecule has 5 heteroatoms. The highest BCUT2D eigenvalue weighted by atomic mass is 16.7. The first kappa shape index (κ1) is 16.6. The predicted molar refractivity (Wildman–Crippen MR) is 78.2 cm³/mol. The third kappa shape index (κ3) is 7.89. The van der Waals surface area contributed by atoms with Crippen LogP contribution in [0.1, 0.15) is 26.3 Å². The van der Waals surface area contributed by atoms with Crippen LogP contribution < -0.4 is 5.48 Å². The Balaban J connectivity index is 2.42. The lowest BCUT2D eigenvalue weighted by atomic mass is 10.2. The number of carboxylic acids is 1. The minimum Gasteiger partial charge on any atom is -0.480 e. The molecule has 20 heavy (non-hydrogen) atoms. The van der Waals surface area contributed by atoms with Crippen molar-refractivity contribution < 1.29 is 14.7 Å². The van der Waals surface area contributed by atoms with Crippen LogP contribution in [0, 0.1) is 0 Å². The van der Waals surface area contributed by atoms with Crippen LogP contribution in [0.25, 0.3) is 0 Å². The molecule has 0 bridgehead atoms. The Morgan fingerprint density at radius 2 is 1.95 bits per heavy atom. The van der Waals surface area contributed by atoms with E-state index in [0.717, 1.165) is 5.56 Å². The van der Waals surface area contributed by atoms with Crippen LogP contribution in [0.3, 0.4) is 0 Å². The topological polar surface area (TPSA) is 61.8 Å². The number of benzene rings is 1. The summed E-state index contributed by atoms with van der Waals surface area (Å²) in [4.78, 5) is 18.2. The molecule has 0 aliphatic carbocycles. The molecule has 0 amide bonds. The van der Waals surface area contributed by atoms with E-state index in [1.807, 2.05) is 56.0 Å². The van der Waals surface area contributed by atoms with Gasteiger partial charge in [-0.3, -0.25) is 14.5 Å². The summed E-state index contributed by atoms with van der Waals surface area (Å²) in [7, 11) is 0. The Labute approximate surface area is 120 Å². The Hall–Kier alpha value is -1.43. The van der Waals surface area contributed by atoms with E-state index >= 15 is 0 Å². The predicted octanol–water partition coefficient (Wildman–Crippen LogP) is 1.89. The molecule has 0 saturated carbocycles. The minimum atomic E-state index is -0.822. The molecule has 1 aromatic carbocycles. The maximum absolute atomic E-state index is 10.9. The van der Waals surface area contributed by atoms with Gasteiger partial charge in [0.2, 0.25) is 0 Å². The van der Waals surface area contributed by atoms with Gasteiger partial charge in [-0.15, -0.1) is 0 Å². The maximum Gasteiger partial charge on any atom is 0.317 e. The quantitative estimate of drug-likeness (QED) is 0.562. The van der Waals surface area contributed by atoms with Gasteiger partial charge in [-0.1, -0.05) is 30.3 Å². The Morgan fingerprint density at radius 3 is 2.50 bits per heavy atom. The summed E-state index contributed by atoms with van der Waals surface area (Å²) in [6.45, 7) is 7.70. The maximum atomic E-state index is 10.9. The zero-order valence-electron chi connectivity index (χ0n) is 12.4. The molecule has 1 aromatic rings. The molecule has 0 aromatic heterocycles. The van der Waals surface area contributed by atoms with Crippen LogP contribution in [0.2, 0.25) is 0 Å². The van der Waals surface area contributed by atoms with Crippen molar-refractivity contribution in [1.29, 1.82) is 0 Å². The number of carbonyl (C=O) groups is 1. The van der Waals surface area contributed by atoms with Crippen molar-refractivity contribution in [3.05, 3.63) is 35.9 Å². The normalized spacial score (nSPS) is 11.8. The molecule has 0 fully saturated rings. The monoisotopic (exact) mass is 280 g/mol. The molecular weight excluding hydrogens is 256 g/mol. The smallest absolute Gasteiger partial charge is 0.317 e. The fraction of sp³-hybridized carbons (Fsp3) is 0.533. The highest BCUT2D eigenvalue weighted by Crippen LogP contribution is 2.05. The first-order valence-corrected chi connectivity index (χ1v) is 6.76. The third-order valence-electron chi connectivity index (χ3n) is 2.52. The number of hydroxylamine groups is 1. The molecule has 0 unspecified atom stereocenters. The van der Waals surface area contributed by atoms with E-state index in [1.54, 1.807) is 0 Å². The first-order valence-electron chi connectivity index (χ1n) is 6.76. The van der Waals surface area contributed by atoms with Gasteiger partial charge in [0.15, 0.2) is 0 Å². The van der Waals surface area contributed by atoms with E-state index < -0.39 is 5.97 Å². The lowest BCUT2D eigenvalue weighted by Gasteiger charge is -2.23. The van der Waals surface area contributed by atoms with Gasteiger partial charge in [0.1, 0.15) is 0 Å². The van der Waals surface area contributed by atoms with Gasteiger partial charge in [-0.2, -0.15) is 0 Å². The van der Waals surface area contributed by atoms with Crippen molar-refractivity contribution in [1.82, 2.24) is 10.4 Å². The van der Waals surface area contributed by atoms with Gasteiger partial charge in [0.05, 0.1) is 12.1 Å². The molecule has 0 radical (unpaired) electrons. The number of aliphatic carboxylic acids is 1. The average Bonchev–Trinajstić information content (AvgIpc) is 2.34. The molecular formula is C15H24N2O3. The highest BCUT2D eigenvalue weighted by Gasteiger charge is 2.12. The summed E-state index contributed by atoms with van der Waals surface area (Å²) >= 11 is 0. The van der Waals surface area contributed by atoms with E-state index in [0.29, 0.717) is 19.6 Å². The number of rotatable bonds is 8. The molecule has 1 rings (SSSR count). The molecule has 112 valence electrons. The molecule has 0 aliphatic rings. The molecule has 0 saturated heterocycles. The van der Waals surface area contributed by atoms with Crippen molar-refractivity contribution in [2.45, 2.75) is 32.9 Å². The van der Waals surface area contributed by atoms with Crippen molar-refractivity contribution in [2.75, 3.05) is 19.6 Å². The van der Waals surface area contributed by atoms with Crippen molar-refractivity contribution in [3.8, 4) is 0 Å². The largest absolute Gasteiger partial charge is 0.480 e. The van der Waals surface area contributed by atoms with E-state index in [-0.39, 0.29) is 12.1 Å². The summed E-state index contributed by atoms with van der Waals surface area (Å²) in [6.07, 6.45) is 0. The van der Waals surface area contributed by atoms with E-state index in [2.05, 4.69) is 5.48 Å². The fourth-order valence-corrected chi connectivity index (χ4v) is 1.72. The number of carboxylic acid groups (broad SMARTS) is 1. The molecule has 0 spiro atoms. The Morgan fingerprint density at radius 1 is 1.30 bits per heavy atom. The van der Waals surface area contributed by atoms with Gasteiger partial charge >= 0.3 is 5.97 Å². The van der Waals surface area contributed by atoms with Crippen LogP contribution in [0.5, 0.6) is 0 Å². The van der Waals surface area contributed by atoms with Crippen molar-refractivity contribution in [2.24, 2.45) is 0 Å². The Bertz CT molecular complexity index is 401. The second-order valence-corrected chi connectivity index (χ2v) is 5.70. The lowest BCUT2D eigenvalue weighted by Crippen LogP contribution is -2.38. The van der Waals surface area contributed by atoms with E-state index in [1.165, 1.54) is 0 Å². The van der Waals surface area contributed by atoms with Gasteiger partial charge in [0.25, 0.3) is 0 Å². The van der Waals surface area contributed by atoms with E-state index in [4.69, 9.17) is 9.94 Å². The van der Waals surface area contributed by atoms with Gasteiger partial charge in [-0.25, -0.2) is 5.48 Å². The summed E-state index contributed by atoms with van der Waals surface area (Å²) < 4.78 is 0. The van der Waals surface area contributed by atoms with Gasteiger partial charge in [-0.05, 0) is 26.3 Å². The van der Waals surface area contributed by atoms with Crippen molar-refractivity contribution in [3.63, 3.8) is 0 Å². The van der Waals surface area contributed by atoms with E-state index in [9.17, 15) is 4.79 Å². The molecule has 5 nitrogen and oxygen atoms in total. The van der Waals surface area contributed by atoms with Crippen LogP contribution in [0.15, 0.2) is 30.3 Å². The molecule has 0 aliphatic heterocycles. The summed E-state index contributed by atoms with van der Waals surface area (Å²) in [5, 5.41) is 8.95. The second kappa shape index (κ2) is 7.99. The average molecular weight is 280 g/mol. The minimum absolute atomic E-state index is 0.0199. The van der Waals surface area contributed by atoms with Gasteiger partial charge in [0, 0.05) is 19.6 Å². The van der Waals surface area contributed by atoms with Gasteiger partial charge < -0.3 is 5.11 Å². The summed E-state index contributed by atoms with van der Waals surface area (Å²) in [5.74, 6) is -0.822. The SMILES string of the molecule is CC(C)(C)ONCCN(CC(=O)O)Cc1ccccc1. The highest BCUT2D eigenvalue weighted by molar-refractivity contribution is 5.69.